The van der Waals surface area contributed by atoms with Crippen molar-refractivity contribution < 1.29 is 4.74 Å². The highest BCUT2D eigenvalue weighted by atomic mass is 16.5. The van der Waals surface area contributed by atoms with Gasteiger partial charge in [-0.15, -0.1) is 0 Å². The summed E-state index contributed by atoms with van der Waals surface area (Å²) in [7, 11) is 0. The maximum absolute atomic E-state index is 5.66. The molecule has 90 valence electrons. The van der Waals surface area contributed by atoms with E-state index in [9.17, 15) is 0 Å². The Morgan fingerprint density at radius 2 is 1.44 bits per heavy atom. The Labute approximate surface area is 106 Å². The van der Waals surface area contributed by atoms with E-state index in [4.69, 9.17) is 16.2 Å². The minimum Gasteiger partial charge on any atom is -0.457 e. The number of benzene rings is 2. The smallest absolute Gasteiger partial charge is 0.127 e. The molecule has 0 unspecified atom stereocenters. The maximum atomic E-state index is 5.66. The van der Waals surface area contributed by atoms with Crippen molar-refractivity contribution in [2.45, 2.75) is 0 Å². The minimum absolute atomic E-state index is 0.365. The lowest BCUT2D eigenvalue weighted by Gasteiger charge is -2.05. The fraction of sp³-hybridized carbons (Fsp3) is 0.0667. The Kier molecular flexibility index (Phi) is 3.85. The molecule has 0 amide bonds. The van der Waals surface area contributed by atoms with E-state index in [1.165, 1.54) is 0 Å². The van der Waals surface area contributed by atoms with Crippen molar-refractivity contribution in [3.63, 3.8) is 0 Å². The Morgan fingerprint density at radius 1 is 0.889 bits per heavy atom. The third-order valence-corrected chi connectivity index (χ3v) is 2.30. The minimum atomic E-state index is 0.365. The molecule has 2 aromatic rings. The molecule has 18 heavy (non-hydrogen) atoms. The summed E-state index contributed by atoms with van der Waals surface area (Å²) in [5, 5.41) is 0. The average molecular weight is 238 g/mol. The van der Waals surface area contributed by atoms with Gasteiger partial charge in [-0.2, -0.15) is 0 Å². The van der Waals surface area contributed by atoms with E-state index in [1.807, 2.05) is 36.4 Å². The van der Waals surface area contributed by atoms with E-state index < -0.39 is 0 Å². The number of rotatable bonds is 2. The lowest BCUT2D eigenvalue weighted by molar-refractivity contribution is 0.483. The van der Waals surface area contributed by atoms with E-state index in [0.717, 1.165) is 22.7 Å². The summed E-state index contributed by atoms with van der Waals surface area (Å²) >= 11 is 0. The first-order valence-electron chi connectivity index (χ1n) is 5.60. The van der Waals surface area contributed by atoms with Crippen molar-refractivity contribution >= 4 is 5.69 Å². The molecule has 0 aliphatic heterocycles. The molecule has 0 fully saturated rings. The number of ether oxygens (including phenoxy) is 1. The molecule has 0 atom stereocenters. The molecule has 0 saturated carbocycles. The van der Waals surface area contributed by atoms with Gasteiger partial charge in [-0.25, -0.2) is 0 Å². The lowest BCUT2D eigenvalue weighted by atomic mass is 10.2. The SMILES string of the molecule is NCC#Cc1ccc(Oc2ccc(N)cc2)cc1. The summed E-state index contributed by atoms with van der Waals surface area (Å²) in [6, 6.07) is 14.8. The second-order valence-corrected chi connectivity index (χ2v) is 3.70. The first-order chi connectivity index (χ1) is 8.78. The zero-order chi connectivity index (χ0) is 12.8. The Balaban J connectivity index is 2.08. The quantitative estimate of drug-likeness (QED) is 0.623. The normalized spacial score (nSPS) is 9.39. The van der Waals surface area contributed by atoms with Gasteiger partial charge in [0.15, 0.2) is 0 Å². The molecule has 0 aliphatic rings. The van der Waals surface area contributed by atoms with Gasteiger partial charge < -0.3 is 16.2 Å². The number of anilines is 1. The first-order valence-corrected chi connectivity index (χ1v) is 5.60. The van der Waals surface area contributed by atoms with Gasteiger partial charge in [0.2, 0.25) is 0 Å². The second-order valence-electron chi connectivity index (χ2n) is 3.70. The largest absolute Gasteiger partial charge is 0.457 e. The summed E-state index contributed by atoms with van der Waals surface area (Å²) in [5.41, 5.74) is 12.6. The van der Waals surface area contributed by atoms with Crippen molar-refractivity contribution in [1.29, 1.82) is 0 Å². The van der Waals surface area contributed by atoms with Gasteiger partial charge >= 0.3 is 0 Å². The van der Waals surface area contributed by atoms with Crippen molar-refractivity contribution in [3.8, 4) is 23.3 Å². The van der Waals surface area contributed by atoms with Crippen LogP contribution in [0.5, 0.6) is 11.5 Å². The van der Waals surface area contributed by atoms with Crippen LogP contribution in [0.4, 0.5) is 5.69 Å². The molecule has 0 bridgehead atoms. The van der Waals surface area contributed by atoms with Crippen molar-refractivity contribution in [3.05, 3.63) is 54.1 Å². The summed E-state index contributed by atoms with van der Waals surface area (Å²) in [6.45, 7) is 0.365. The Bertz CT molecular complexity index is 562. The molecular weight excluding hydrogens is 224 g/mol. The zero-order valence-corrected chi connectivity index (χ0v) is 9.89. The standard InChI is InChI=1S/C15H14N2O/c16-11-1-2-12-3-7-14(8-4-12)18-15-9-5-13(17)6-10-15/h3-10H,11,16-17H2. The Morgan fingerprint density at radius 3 is 2.00 bits per heavy atom. The van der Waals surface area contributed by atoms with Crippen LogP contribution in [0.2, 0.25) is 0 Å². The van der Waals surface area contributed by atoms with Crippen LogP contribution in [-0.4, -0.2) is 6.54 Å². The summed E-state index contributed by atoms with van der Waals surface area (Å²) in [6.07, 6.45) is 0. The first kappa shape index (κ1) is 12.0. The van der Waals surface area contributed by atoms with Crippen molar-refractivity contribution in [2.24, 2.45) is 5.73 Å². The van der Waals surface area contributed by atoms with Crippen LogP contribution in [0.3, 0.4) is 0 Å². The fourth-order valence-corrected chi connectivity index (χ4v) is 1.43. The van der Waals surface area contributed by atoms with Crippen LogP contribution in [-0.2, 0) is 0 Å². The summed E-state index contributed by atoms with van der Waals surface area (Å²) < 4.78 is 5.66. The summed E-state index contributed by atoms with van der Waals surface area (Å²) in [4.78, 5) is 0. The molecule has 2 rings (SSSR count). The van der Waals surface area contributed by atoms with E-state index in [0.29, 0.717) is 6.54 Å². The number of nitrogens with two attached hydrogens (primary N) is 2. The molecule has 0 spiro atoms. The van der Waals surface area contributed by atoms with Gasteiger partial charge in [-0.05, 0) is 48.5 Å². The number of hydrogen-bond donors (Lipinski definition) is 2. The maximum Gasteiger partial charge on any atom is 0.127 e. The van der Waals surface area contributed by atoms with Crippen molar-refractivity contribution in [2.75, 3.05) is 12.3 Å². The molecule has 0 saturated heterocycles. The van der Waals surface area contributed by atoms with E-state index >= 15 is 0 Å². The van der Waals surface area contributed by atoms with Crippen LogP contribution in [0.25, 0.3) is 0 Å². The monoisotopic (exact) mass is 238 g/mol. The second kappa shape index (κ2) is 5.76. The number of nitrogen functional groups attached to an aromatic ring is 1. The molecule has 0 radical (unpaired) electrons. The predicted octanol–water partition coefficient (Wildman–Crippen LogP) is 2.37. The molecule has 0 aromatic heterocycles. The van der Waals surface area contributed by atoms with Crippen molar-refractivity contribution in [1.82, 2.24) is 0 Å². The van der Waals surface area contributed by atoms with E-state index in [2.05, 4.69) is 11.8 Å². The molecule has 3 nitrogen and oxygen atoms in total. The molecule has 0 aliphatic carbocycles. The van der Waals surface area contributed by atoms with Gasteiger partial charge in [0.25, 0.3) is 0 Å². The highest BCUT2D eigenvalue weighted by Gasteiger charge is 1.96. The Hall–Kier alpha value is -2.44. The van der Waals surface area contributed by atoms with Crippen LogP contribution >= 0.6 is 0 Å². The average Bonchev–Trinajstić information content (AvgIpc) is 2.41. The highest BCUT2D eigenvalue weighted by Crippen LogP contribution is 2.22. The summed E-state index contributed by atoms with van der Waals surface area (Å²) in [5.74, 6) is 7.28. The third-order valence-electron chi connectivity index (χ3n) is 2.30. The van der Waals surface area contributed by atoms with Crippen LogP contribution < -0.4 is 16.2 Å². The molecule has 4 N–H and O–H groups in total. The topological polar surface area (TPSA) is 61.3 Å². The predicted molar refractivity (Wildman–Crippen MR) is 73.3 cm³/mol. The highest BCUT2D eigenvalue weighted by molar-refractivity contribution is 5.44. The van der Waals surface area contributed by atoms with Gasteiger partial charge in [0.05, 0.1) is 6.54 Å². The van der Waals surface area contributed by atoms with Gasteiger partial charge in [0.1, 0.15) is 11.5 Å². The van der Waals surface area contributed by atoms with Gasteiger partial charge in [-0.3, -0.25) is 0 Å². The van der Waals surface area contributed by atoms with Crippen LogP contribution in [0, 0.1) is 11.8 Å². The fourth-order valence-electron chi connectivity index (χ4n) is 1.43. The van der Waals surface area contributed by atoms with Crippen LogP contribution in [0.1, 0.15) is 5.56 Å². The molecule has 2 aromatic carbocycles. The molecule has 0 heterocycles. The molecule has 3 heteroatoms. The zero-order valence-electron chi connectivity index (χ0n) is 9.89. The van der Waals surface area contributed by atoms with E-state index in [-0.39, 0.29) is 0 Å². The van der Waals surface area contributed by atoms with E-state index in [1.54, 1.807) is 12.1 Å². The lowest BCUT2D eigenvalue weighted by Crippen LogP contribution is -1.93. The van der Waals surface area contributed by atoms with Crippen LogP contribution in [0.15, 0.2) is 48.5 Å². The molecular formula is C15H14N2O. The third kappa shape index (κ3) is 3.27. The van der Waals surface area contributed by atoms with Gasteiger partial charge in [-0.1, -0.05) is 11.8 Å². The number of hydrogen-bond acceptors (Lipinski definition) is 3. The van der Waals surface area contributed by atoms with Gasteiger partial charge in [0, 0.05) is 11.3 Å².